The quantitative estimate of drug-likeness (QED) is 0.477. The smallest absolute Gasteiger partial charge is 0.340 e. The minimum Gasteiger partial charge on any atom is -0.483 e. The summed E-state index contributed by atoms with van der Waals surface area (Å²) < 4.78 is 11.3. The molecule has 7 heteroatoms. The standard InChI is InChI=1S/C26H29NO6/c1-15(2)12-21(25(29)30)27-23(28)14-32-22-11-10-19-16(3)20(13-18-8-6-5-7-9-18)26(31)33-24(19)17(22)4/h5-11,15,21H,12-14H2,1-4H3,(H,27,28)(H,29,30). The zero-order chi connectivity index (χ0) is 24.1. The van der Waals surface area contributed by atoms with Gasteiger partial charge in [-0.2, -0.15) is 0 Å². The molecule has 0 saturated heterocycles. The molecule has 1 aromatic heterocycles. The second kappa shape index (κ2) is 10.3. The van der Waals surface area contributed by atoms with Crippen molar-refractivity contribution in [1.82, 2.24) is 5.32 Å². The Labute approximate surface area is 192 Å². The molecule has 1 heterocycles. The molecule has 0 aliphatic carbocycles. The molecule has 3 rings (SSSR count). The molecule has 1 unspecified atom stereocenters. The first-order valence-corrected chi connectivity index (χ1v) is 10.9. The first-order chi connectivity index (χ1) is 15.7. The number of amides is 1. The lowest BCUT2D eigenvalue weighted by atomic mass is 9.98. The maximum absolute atomic E-state index is 12.7. The number of carbonyl (C=O) groups is 2. The average molecular weight is 452 g/mol. The molecule has 1 amide bonds. The van der Waals surface area contributed by atoms with Crippen molar-refractivity contribution in [3.8, 4) is 5.75 Å². The molecule has 0 saturated carbocycles. The van der Waals surface area contributed by atoms with Crippen LogP contribution in [0.5, 0.6) is 5.75 Å². The van der Waals surface area contributed by atoms with Crippen molar-refractivity contribution in [2.75, 3.05) is 6.61 Å². The molecular formula is C26H29NO6. The van der Waals surface area contributed by atoms with E-state index in [1.807, 2.05) is 51.1 Å². The van der Waals surface area contributed by atoms with Crippen molar-refractivity contribution >= 4 is 22.8 Å². The number of ether oxygens (including phenoxy) is 1. The van der Waals surface area contributed by atoms with Crippen LogP contribution in [0, 0.1) is 19.8 Å². The van der Waals surface area contributed by atoms with E-state index in [0.717, 1.165) is 16.5 Å². The van der Waals surface area contributed by atoms with E-state index in [4.69, 9.17) is 9.15 Å². The molecule has 0 aliphatic rings. The zero-order valence-electron chi connectivity index (χ0n) is 19.3. The van der Waals surface area contributed by atoms with E-state index >= 15 is 0 Å². The summed E-state index contributed by atoms with van der Waals surface area (Å²) in [6.45, 7) is 7.08. The highest BCUT2D eigenvalue weighted by atomic mass is 16.5. The van der Waals surface area contributed by atoms with Gasteiger partial charge in [-0.1, -0.05) is 44.2 Å². The Balaban J connectivity index is 1.79. The van der Waals surface area contributed by atoms with Gasteiger partial charge >= 0.3 is 11.6 Å². The third-order valence-corrected chi connectivity index (χ3v) is 5.58. The maximum atomic E-state index is 12.7. The van der Waals surface area contributed by atoms with Gasteiger partial charge in [-0.15, -0.1) is 0 Å². The molecule has 0 radical (unpaired) electrons. The fraction of sp³-hybridized carbons (Fsp3) is 0.346. The molecule has 1 atom stereocenters. The Hall–Kier alpha value is -3.61. The Morgan fingerprint density at radius 3 is 2.39 bits per heavy atom. The van der Waals surface area contributed by atoms with Crippen LogP contribution >= 0.6 is 0 Å². The van der Waals surface area contributed by atoms with Gasteiger partial charge in [-0.05, 0) is 49.4 Å². The number of rotatable bonds is 9. The summed E-state index contributed by atoms with van der Waals surface area (Å²) in [5, 5.41) is 12.6. The first-order valence-electron chi connectivity index (χ1n) is 10.9. The monoisotopic (exact) mass is 451 g/mol. The van der Waals surface area contributed by atoms with E-state index < -0.39 is 23.5 Å². The van der Waals surface area contributed by atoms with E-state index in [1.165, 1.54) is 0 Å². The minimum atomic E-state index is -1.08. The molecule has 3 aromatic rings. The van der Waals surface area contributed by atoms with Crippen LogP contribution in [0.1, 0.15) is 42.5 Å². The van der Waals surface area contributed by atoms with Crippen LogP contribution in [-0.4, -0.2) is 29.6 Å². The van der Waals surface area contributed by atoms with Gasteiger partial charge in [0, 0.05) is 22.9 Å². The zero-order valence-corrected chi connectivity index (χ0v) is 19.3. The number of carboxylic acid groups (broad SMARTS) is 1. The lowest BCUT2D eigenvalue weighted by Crippen LogP contribution is -2.43. The van der Waals surface area contributed by atoms with Gasteiger partial charge in [0.2, 0.25) is 0 Å². The van der Waals surface area contributed by atoms with Gasteiger partial charge in [-0.25, -0.2) is 9.59 Å². The largest absolute Gasteiger partial charge is 0.483 e. The number of carbonyl (C=O) groups excluding carboxylic acids is 1. The number of fused-ring (bicyclic) bond motifs is 1. The number of aliphatic carboxylic acids is 1. The highest BCUT2D eigenvalue weighted by molar-refractivity contribution is 5.86. The molecule has 0 aliphatic heterocycles. The molecule has 7 nitrogen and oxygen atoms in total. The molecule has 0 bridgehead atoms. The van der Waals surface area contributed by atoms with Gasteiger partial charge < -0.3 is 19.6 Å². The topological polar surface area (TPSA) is 106 Å². The molecule has 174 valence electrons. The molecule has 0 spiro atoms. The number of hydrogen-bond donors (Lipinski definition) is 2. The third-order valence-electron chi connectivity index (χ3n) is 5.58. The second-order valence-electron chi connectivity index (χ2n) is 8.60. The summed E-state index contributed by atoms with van der Waals surface area (Å²) in [6, 6.07) is 12.3. The van der Waals surface area contributed by atoms with Crippen molar-refractivity contribution in [3.63, 3.8) is 0 Å². The molecule has 0 fully saturated rings. The van der Waals surface area contributed by atoms with Crippen molar-refractivity contribution in [2.45, 2.75) is 46.6 Å². The number of aryl methyl sites for hydroxylation is 2. The fourth-order valence-corrected chi connectivity index (χ4v) is 3.80. The number of carboxylic acids is 1. The van der Waals surface area contributed by atoms with Crippen LogP contribution in [0.15, 0.2) is 51.7 Å². The number of benzene rings is 2. The SMILES string of the molecule is Cc1c(Cc2ccccc2)c(=O)oc2c(C)c(OCC(=O)NC(CC(C)C)C(=O)O)ccc12. The van der Waals surface area contributed by atoms with Crippen LogP contribution < -0.4 is 15.7 Å². The molecule has 2 N–H and O–H groups in total. The fourth-order valence-electron chi connectivity index (χ4n) is 3.80. The Kier molecular flexibility index (Phi) is 7.53. The molecule has 33 heavy (non-hydrogen) atoms. The number of hydrogen-bond acceptors (Lipinski definition) is 5. The lowest BCUT2D eigenvalue weighted by Gasteiger charge is -2.17. The van der Waals surface area contributed by atoms with E-state index in [9.17, 15) is 19.5 Å². The minimum absolute atomic E-state index is 0.118. The Morgan fingerprint density at radius 2 is 1.76 bits per heavy atom. The summed E-state index contributed by atoms with van der Waals surface area (Å²) in [5.41, 5.74) is 3.08. The van der Waals surface area contributed by atoms with Crippen LogP contribution in [0.3, 0.4) is 0 Å². The normalized spacial score (nSPS) is 12.0. The molecular weight excluding hydrogens is 422 g/mol. The average Bonchev–Trinajstić information content (AvgIpc) is 2.76. The number of nitrogens with one attached hydrogen (secondary N) is 1. The summed E-state index contributed by atoms with van der Waals surface area (Å²) >= 11 is 0. The highest BCUT2D eigenvalue weighted by Gasteiger charge is 2.22. The summed E-state index contributed by atoms with van der Waals surface area (Å²) in [4.78, 5) is 36.3. The first kappa shape index (κ1) is 24.0. The van der Waals surface area contributed by atoms with Gasteiger partial charge in [-0.3, -0.25) is 4.79 Å². The van der Waals surface area contributed by atoms with E-state index in [1.54, 1.807) is 19.1 Å². The van der Waals surface area contributed by atoms with Crippen LogP contribution in [0.2, 0.25) is 0 Å². The molecule has 2 aromatic carbocycles. The second-order valence-corrected chi connectivity index (χ2v) is 8.60. The Morgan fingerprint density at radius 1 is 1.06 bits per heavy atom. The van der Waals surface area contributed by atoms with Crippen molar-refractivity contribution < 1.29 is 23.8 Å². The Bertz CT molecular complexity index is 1210. The van der Waals surface area contributed by atoms with Crippen molar-refractivity contribution in [1.29, 1.82) is 0 Å². The summed E-state index contributed by atoms with van der Waals surface area (Å²) in [7, 11) is 0. The van der Waals surface area contributed by atoms with Crippen LogP contribution in [0.4, 0.5) is 0 Å². The van der Waals surface area contributed by atoms with Crippen LogP contribution in [0.25, 0.3) is 11.0 Å². The predicted octanol–water partition coefficient (Wildman–Crippen LogP) is 3.99. The maximum Gasteiger partial charge on any atom is 0.340 e. The van der Waals surface area contributed by atoms with E-state index in [-0.39, 0.29) is 12.5 Å². The van der Waals surface area contributed by atoms with Gasteiger partial charge in [0.25, 0.3) is 5.91 Å². The van der Waals surface area contributed by atoms with Gasteiger partial charge in [0.15, 0.2) is 6.61 Å². The van der Waals surface area contributed by atoms with E-state index in [2.05, 4.69) is 5.32 Å². The van der Waals surface area contributed by atoms with Crippen molar-refractivity contribution in [2.24, 2.45) is 5.92 Å². The van der Waals surface area contributed by atoms with Gasteiger partial charge in [0.05, 0.1) is 0 Å². The van der Waals surface area contributed by atoms with E-state index in [0.29, 0.717) is 35.3 Å². The summed E-state index contributed by atoms with van der Waals surface area (Å²) in [5.74, 6) is -1.10. The predicted molar refractivity (Wildman–Crippen MR) is 126 cm³/mol. The van der Waals surface area contributed by atoms with Crippen molar-refractivity contribution in [3.05, 3.63) is 75.1 Å². The highest BCUT2D eigenvalue weighted by Crippen LogP contribution is 2.30. The van der Waals surface area contributed by atoms with Gasteiger partial charge in [0.1, 0.15) is 17.4 Å². The third kappa shape index (κ3) is 5.80. The lowest BCUT2D eigenvalue weighted by molar-refractivity contribution is -0.142. The summed E-state index contributed by atoms with van der Waals surface area (Å²) in [6.07, 6.45) is 0.801. The van der Waals surface area contributed by atoms with Crippen LogP contribution in [-0.2, 0) is 16.0 Å².